The molecule has 0 bridgehead atoms. The van der Waals surface area contributed by atoms with E-state index in [0.717, 1.165) is 9.13 Å². The predicted octanol–water partition coefficient (Wildman–Crippen LogP) is 4.97. The van der Waals surface area contributed by atoms with E-state index in [2.05, 4.69) is 38.2 Å². The summed E-state index contributed by atoms with van der Waals surface area (Å²) in [5.41, 5.74) is 3.15. The number of benzene rings is 3. The van der Waals surface area contributed by atoms with Crippen LogP contribution < -0.4 is 15.5 Å². The molecule has 1 fully saturated rings. The summed E-state index contributed by atoms with van der Waals surface area (Å²) >= 11 is 7.53. The summed E-state index contributed by atoms with van der Waals surface area (Å²) in [6.07, 6.45) is 0. The van der Waals surface area contributed by atoms with Crippen LogP contribution in [0, 0.1) is 13.7 Å². The largest absolute Gasteiger partial charge is 0.436 e. The highest BCUT2D eigenvalue weighted by Crippen LogP contribution is 2.30. The molecule has 188 valence electrons. The highest BCUT2D eigenvalue weighted by Gasteiger charge is 2.23. The zero-order valence-electron chi connectivity index (χ0n) is 19.3. The lowest BCUT2D eigenvalue weighted by atomic mass is 10.1. The molecule has 0 unspecified atom stereocenters. The average molecular weight is 629 g/mol. The third-order valence-electron chi connectivity index (χ3n) is 5.73. The Hall–Kier alpha value is -3.62. The molecule has 2 N–H and O–H groups in total. The fourth-order valence-electron chi connectivity index (χ4n) is 3.97. The number of rotatable bonds is 5. The van der Waals surface area contributed by atoms with Crippen molar-refractivity contribution >= 4 is 74.0 Å². The highest BCUT2D eigenvalue weighted by molar-refractivity contribution is 14.1. The van der Waals surface area contributed by atoms with E-state index in [9.17, 15) is 14.9 Å². The number of fused-ring (bicyclic) bond motifs is 1. The first-order chi connectivity index (χ1) is 17.9. The van der Waals surface area contributed by atoms with E-state index >= 15 is 0 Å². The number of anilines is 2. The molecule has 0 spiro atoms. The molecule has 2 heterocycles. The van der Waals surface area contributed by atoms with Crippen molar-refractivity contribution in [2.45, 2.75) is 0 Å². The van der Waals surface area contributed by atoms with Gasteiger partial charge in [0.25, 0.3) is 11.6 Å². The Morgan fingerprint density at radius 1 is 1.11 bits per heavy atom. The lowest BCUT2D eigenvalue weighted by Crippen LogP contribution is -2.37. The Kier molecular flexibility index (Phi) is 7.30. The summed E-state index contributed by atoms with van der Waals surface area (Å²) in [4.78, 5) is 30.4. The van der Waals surface area contributed by atoms with Crippen LogP contribution in [-0.2, 0) is 4.74 Å². The zero-order valence-corrected chi connectivity index (χ0v) is 22.2. The van der Waals surface area contributed by atoms with E-state index in [1.54, 1.807) is 30.3 Å². The molecule has 1 aliphatic rings. The van der Waals surface area contributed by atoms with Crippen LogP contribution in [0.1, 0.15) is 10.4 Å². The van der Waals surface area contributed by atoms with Crippen LogP contribution in [0.3, 0.4) is 0 Å². The second-order valence-electron chi connectivity index (χ2n) is 8.18. The van der Waals surface area contributed by atoms with Gasteiger partial charge in [-0.1, -0.05) is 6.07 Å². The average Bonchev–Trinajstić information content (AvgIpc) is 3.32. The first kappa shape index (κ1) is 25.0. The molecule has 5 rings (SSSR count). The predicted molar refractivity (Wildman–Crippen MR) is 152 cm³/mol. The van der Waals surface area contributed by atoms with Crippen LogP contribution in [0.25, 0.3) is 22.6 Å². The number of nitro groups is 1. The van der Waals surface area contributed by atoms with Crippen LogP contribution in [0.4, 0.5) is 17.1 Å². The number of carbonyl (C=O) groups is 1. The number of aromatic nitrogens is 1. The minimum atomic E-state index is -0.558. The molecule has 10 nitrogen and oxygen atoms in total. The van der Waals surface area contributed by atoms with Crippen molar-refractivity contribution in [3.05, 3.63) is 79.9 Å². The molecule has 4 aromatic rings. The molecule has 1 saturated heterocycles. The van der Waals surface area contributed by atoms with E-state index in [4.69, 9.17) is 21.4 Å². The monoisotopic (exact) mass is 629 g/mol. The number of nitro benzene ring substituents is 1. The van der Waals surface area contributed by atoms with E-state index < -0.39 is 10.8 Å². The Labute approximate surface area is 230 Å². The minimum absolute atomic E-state index is 0.0468. The van der Waals surface area contributed by atoms with Gasteiger partial charge >= 0.3 is 0 Å². The Balaban J connectivity index is 1.28. The van der Waals surface area contributed by atoms with Gasteiger partial charge < -0.3 is 19.4 Å². The van der Waals surface area contributed by atoms with Gasteiger partial charge in [-0.25, -0.2) is 4.98 Å². The van der Waals surface area contributed by atoms with E-state index in [0.29, 0.717) is 54.7 Å². The molecule has 1 aromatic heterocycles. The van der Waals surface area contributed by atoms with Gasteiger partial charge in [0.1, 0.15) is 11.2 Å². The SMILES string of the molecule is O=C(NC(=S)Nc1ccc2oc(-c3cccc(I)c3)nc2c1)c1ccc(N2CCOCC2)c([N+](=O)[O-])c1. The maximum absolute atomic E-state index is 12.8. The van der Waals surface area contributed by atoms with Crippen molar-refractivity contribution in [2.75, 3.05) is 36.5 Å². The fraction of sp³-hybridized carbons (Fsp3) is 0.160. The lowest BCUT2D eigenvalue weighted by Gasteiger charge is -2.28. The molecule has 0 saturated carbocycles. The smallest absolute Gasteiger partial charge is 0.293 e. The molecule has 0 atom stereocenters. The maximum Gasteiger partial charge on any atom is 0.293 e. The van der Waals surface area contributed by atoms with E-state index in [1.807, 2.05) is 29.2 Å². The van der Waals surface area contributed by atoms with Crippen molar-refractivity contribution in [1.82, 2.24) is 10.3 Å². The molecule has 3 aromatic carbocycles. The van der Waals surface area contributed by atoms with Gasteiger partial charge in [0.05, 0.1) is 18.1 Å². The fourth-order valence-corrected chi connectivity index (χ4v) is 4.72. The molecule has 12 heteroatoms. The number of hydrogen-bond acceptors (Lipinski definition) is 8. The van der Waals surface area contributed by atoms with Crippen LogP contribution in [0.2, 0.25) is 0 Å². The minimum Gasteiger partial charge on any atom is -0.436 e. The zero-order chi connectivity index (χ0) is 25.9. The van der Waals surface area contributed by atoms with Gasteiger partial charge in [0.2, 0.25) is 5.89 Å². The standard InChI is InChI=1S/C25H20IN5O5S/c26-17-3-1-2-16(12-17)24-28-19-14-18(5-7-22(19)36-24)27-25(37)29-23(32)15-4-6-20(21(13-15)31(33)34)30-8-10-35-11-9-30/h1-7,12-14H,8-11H2,(H2,27,29,32,37). The molecular formula is C25H20IN5O5S. The third kappa shape index (κ3) is 5.70. The highest BCUT2D eigenvalue weighted by atomic mass is 127. The van der Waals surface area contributed by atoms with Gasteiger partial charge in [-0.05, 0) is 83.3 Å². The van der Waals surface area contributed by atoms with Crippen molar-refractivity contribution in [2.24, 2.45) is 0 Å². The van der Waals surface area contributed by atoms with E-state index in [-0.39, 0.29) is 16.4 Å². The number of oxazole rings is 1. The van der Waals surface area contributed by atoms with Crippen molar-refractivity contribution in [1.29, 1.82) is 0 Å². The molecule has 0 aliphatic carbocycles. The Bertz CT molecular complexity index is 1520. The number of hydrogen-bond donors (Lipinski definition) is 2. The number of ether oxygens (including phenoxy) is 1. The van der Waals surface area contributed by atoms with Crippen molar-refractivity contribution < 1.29 is 18.9 Å². The third-order valence-corrected chi connectivity index (χ3v) is 6.61. The summed E-state index contributed by atoms with van der Waals surface area (Å²) in [5.74, 6) is -0.0544. The molecule has 1 aliphatic heterocycles. The topological polar surface area (TPSA) is 123 Å². The maximum atomic E-state index is 12.8. The Morgan fingerprint density at radius 2 is 1.92 bits per heavy atom. The molecule has 37 heavy (non-hydrogen) atoms. The van der Waals surface area contributed by atoms with Gasteiger partial charge in [-0.2, -0.15) is 0 Å². The number of amides is 1. The van der Waals surface area contributed by atoms with Gasteiger partial charge in [-0.15, -0.1) is 0 Å². The van der Waals surface area contributed by atoms with Gasteiger partial charge in [0.15, 0.2) is 10.7 Å². The number of thiocarbonyl (C=S) groups is 1. The number of nitrogens with zero attached hydrogens (tertiary/aromatic N) is 3. The quantitative estimate of drug-likeness (QED) is 0.136. The summed E-state index contributed by atoms with van der Waals surface area (Å²) in [6.45, 7) is 2.07. The number of halogens is 1. The molecule has 1 amide bonds. The normalized spacial score (nSPS) is 13.4. The summed E-state index contributed by atoms with van der Waals surface area (Å²) in [6, 6.07) is 17.5. The number of morpholine rings is 1. The second kappa shape index (κ2) is 10.8. The van der Waals surface area contributed by atoms with Crippen molar-refractivity contribution in [3.63, 3.8) is 0 Å². The lowest BCUT2D eigenvalue weighted by molar-refractivity contribution is -0.384. The molecule has 0 radical (unpaired) electrons. The number of carbonyl (C=O) groups excluding carboxylic acids is 1. The van der Waals surface area contributed by atoms with Gasteiger partial charge in [0, 0.05) is 39.5 Å². The van der Waals surface area contributed by atoms with Crippen LogP contribution in [0.15, 0.2) is 65.1 Å². The van der Waals surface area contributed by atoms with Crippen LogP contribution in [0.5, 0.6) is 0 Å². The van der Waals surface area contributed by atoms with Crippen LogP contribution >= 0.6 is 34.8 Å². The summed E-state index contributed by atoms with van der Waals surface area (Å²) in [5, 5.41) is 17.3. The summed E-state index contributed by atoms with van der Waals surface area (Å²) in [7, 11) is 0. The van der Waals surface area contributed by atoms with Crippen molar-refractivity contribution in [3.8, 4) is 11.5 Å². The van der Waals surface area contributed by atoms with Gasteiger partial charge in [-0.3, -0.25) is 20.2 Å². The molecular weight excluding hydrogens is 609 g/mol. The Morgan fingerprint density at radius 3 is 2.68 bits per heavy atom. The second-order valence-corrected chi connectivity index (χ2v) is 9.83. The first-order valence-electron chi connectivity index (χ1n) is 11.3. The number of nitrogens with one attached hydrogen (secondary N) is 2. The first-order valence-corrected chi connectivity index (χ1v) is 12.8. The van der Waals surface area contributed by atoms with Crippen LogP contribution in [-0.4, -0.2) is 47.2 Å². The summed E-state index contributed by atoms with van der Waals surface area (Å²) < 4.78 is 12.3. The van der Waals surface area contributed by atoms with E-state index in [1.165, 1.54) is 6.07 Å².